The van der Waals surface area contributed by atoms with Gasteiger partial charge in [-0.1, -0.05) is 0 Å². The van der Waals surface area contributed by atoms with Gasteiger partial charge in [-0.05, 0) is 0 Å². The fourth-order valence-electron chi connectivity index (χ4n) is 0. The van der Waals surface area contributed by atoms with Crippen molar-refractivity contribution < 1.29 is 65.7 Å². The normalized spacial score (nSPS) is 0. The van der Waals surface area contributed by atoms with Crippen LogP contribution in [0.3, 0.4) is 0 Å². The third-order valence-corrected chi connectivity index (χ3v) is 0. The van der Waals surface area contributed by atoms with Crippen LogP contribution in [-0.2, 0) is 0 Å². The van der Waals surface area contributed by atoms with Crippen LogP contribution in [0.4, 0.5) is 0 Å². The molecule has 0 saturated heterocycles. The molecule has 0 aromatic heterocycles. The average Bonchev–Trinajstić information content (AvgIpc) is 0. The second-order valence-electron chi connectivity index (χ2n) is 0. The Balaban J connectivity index is 0. The molecule has 0 unspecified atom stereocenters. The maximum Gasteiger partial charge on any atom is 0 e. The summed E-state index contributed by atoms with van der Waals surface area (Å²) in [6.07, 6.45) is 0. The molecule has 18 radical (unpaired) electrons. The van der Waals surface area contributed by atoms with Gasteiger partial charge in [0.1, 0.15) is 0 Å². The van der Waals surface area contributed by atoms with Crippen molar-refractivity contribution in [3.63, 3.8) is 0 Å². The van der Waals surface area contributed by atoms with Gasteiger partial charge in [0.15, 0.2) is 0 Å². The number of hydrogen-bond donors (Lipinski definition) is 0. The van der Waals surface area contributed by atoms with E-state index in [-0.39, 0.29) is 215 Å². The van der Waals surface area contributed by atoms with E-state index in [0.29, 0.717) is 0 Å². The van der Waals surface area contributed by atoms with Gasteiger partial charge < -0.3 is 65.7 Å². The first kappa shape index (κ1) is 729. The Morgan fingerprint density at radius 1 is 0.250 bits per heavy atom. The van der Waals surface area contributed by atoms with Crippen LogP contribution in [0.15, 0.2) is 0 Å². The summed E-state index contributed by atoms with van der Waals surface area (Å²) >= 11 is 0. The smallest absolute Gasteiger partial charge is 0 e. The molecule has 0 aromatic rings. The molecule has 0 aliphatic rings. The summed E-state index contributed by atoms with van der Waals surface area (Å²) in [6, 6.07) is 0. The molecular formula is H34Ga4Ge4O12. The van der Waals surface area contributed by atoms with Crippen molar-refractivity contribution in [2.24, 2.45) is 0 Å². The van der Waals surface area contributed by atoms with Gasteiger partial charge in [-0.2, -0.15) is 0 Å². The SMILES string of the molecule is O.O.O.O.O.O.O.O.O.O.O.O.[GaH2].[GaH2].[Ga].[Ga].[GeH3].[GeH3].[Ge].[Ge]. The minimum atomic E-state index is 0. The van der Waals surface area contributed by atoms with Gasteiger partial charge in [-0.3, -0.25) is 0 Å². The summed E-state index contributed by atoms with van der Waals surface area (Å²) in [4.78, 5) is 0. The van der Waals surface area contributed by atoms with Crippen molar-refractivity contribution in [2.75, 3.05) is 0 Å². The Labute approximate surface area is 212 Å². The summed E-state index contributed by atoms with van der Waals surface area (Å²) in [6.45, 7) is 0. The van der Waals surface area contributed by atoms with E-state index < -0.39 is 0 Å². The van der Waals surface area contributed by atoms with E-state index in [0.717, 1.165) is 0 Å². The molecule has 12 nitrogen and oxygen atoms in total. The summed E-state index contributed by atoms with van der Waals surface area (Å²) in [5, 5.41) is 0. The molecule has 0 aliphatic heterocycles. The van der Waals surface area contributed by atoms with Crippen LogP contribution in [0.2, 0.25) is 0 Å². The third kappa shape index (κ3) is 559. The Kier molecular flexibility index (Phi) is 23300. The zero-order valence-electron chi connectivity index (χ0n) is 12.2. The standard InChI is InChI=1S/4Ga.2GeH3.2Ge.12H2O.4H/h;;;;2*1H3;;;12*1H2;;;;. The maximum atomic E-state index is 0. The average molecular weight is 796 g/mol. The summed E-state index contributed by atoms with van der Waals surface area (Å²) in [5.41, 5.74) is 0. The molecule has 0 atom stereocenters. The molecule has 20 heteroatoms. The first-order valence-corrected chi connectivity index (χ1v) is 0. The second kappa shape index (κ2) is 640. The van der Waals surface area contributed by atoms with Gasteiger partial charge in [-0.25, -0.2) is 0 Å². The Bertz CT molecular complexity index is 27.4. The molecular weight excluding hydrogens is 761 g/mol. The molecule has 24 N–H and O–H groups in total. The molecule has 0 saturated carbocycles. The van der Waals surface area contributed by atoms with Crippen molar-refractivity contribution in [1.29, 1.82) is 0 Å². The molecule has 0 rings (SSSR count). The van der Waals surface area contributed by atoms with Crippen LogP contribution in [0, 0.1) is 0 Å². The van der Waals surface area contributed by atoms with Crippen LogP contribution >= 0.6 is 0 Å². The molecule has 0 spiro atoms. The third-order valence-electron chi connectivity index (χ3n) is 0. The predicted octanol–water partition coefficient (Wildman–Crippen LogP) is -15.6. The first-order chi connectivity index (χ1) is 0. The monoisotopic (exact) mass is 798 g/mol. The number of rotatable bonds is 0. The topological polar surface area (TPSA) is 378 Å². The number of hydrogen-bond acceptors (Lipinski definition) is 0. The molecule has 0 aromatic carbocycles. The van der Waals surface area contributed by atoms with Gasteiger partial charge in [0.2, 0.25) is 0 Å². The van der Waals surface area contributed by atoms with E-state index in [9.17, 15) is 0 Å². The van der Waals surface area contributed by atoms with Crippen LogP contribution in [0.1, 0.15) is 0 Å². The van der Waals surface area contributed by atoms with Crippen molar-refractivity contribution in [1.82, 2.24) is 0 Å². The summed E-state index contributed by atoms with van der Waals surface area (Å²) in [7, 11) is 0. The maximum absolute atomic E-state index is 0. The quantitative estimate of drug-likeness (QED) is 0.206. The van der Waals surface area contributed by atoms with Gasteiger partial charge in [0.05, 0.1) is 0 Å². The molecule has 0 amide bonds. The molecule has 0 bridgehead atoms. The molecule has 0 aliphatic carbocycles. The fourth-order valence-corrected chi connectivity index (χ4v) is 0. The zero-order valence-corrected chi connectivity index (χ0v) is 38.0. The van der Waals surface area contributed by atoms with E-state index in [2.05, 4.69) is 0 Å². The zero-order chi connectivity index (χ0) is 0. The van der Waals surface area contributed by atoms with Gasteiger partial charge in [0, 0.05) is 74.8 Å². The molecule has 0 heterocycles. The van der Waals surface area contributed by atoms with E-state index >= 15 is 0 Å². The van der Waals surface area contributed by atoms with E-state index in [1.54, 1.807) is 0 Å². The van der Waals surface area contributed by atoms with Crippen LogP contribution in [0.5, 0.6) is 0 Å². The summed E-state index contributed by atoms with van der Waals surface area (Å²) in [5.74, 6) is 0. The van der Waals surface area contributed by atoms with Gasteiger partial charge in [-0.15, -0.1) is 0 Å². The predicted molar refractivity (Wildman–Crippen MR) is 103 cm³/mol. The van der Waals surface area contributed by atoms with Gasteiger partial charge >= 0.3 is 74.8 Å². The Morgan fingerprint density at radius 3 is 0.250 bits per heavy atom. The van der Waals surface area contributed by atoms with Crippen molar-refractivity contribution in [3.8, 4) is 0 Å². The van der Waals surface area contributed by atoms with Crippen LogP contribution in [-0.4, -0.2) is 215 Å². The fraction of sp³-hybridized carbons (Fsp3) is 0. The minimum Gasteiger partial charge on any atom is 0 e. The second-order valence-corrected chi connectivity index (χ2v) is 0. The van der Waals surface area contributed by atoms with E-state index in [1.807, 2.05) is 0 Å². The van der Waals surface area contributed by atoms with Gasteiger partial charge in [0.25, 0.3) is 0 Å². The van der Waals surface area contributed by atoms with Crippen LogP contribution < -0.4 is 0 Å². The largest absolute Gasteiger partial charge is 0 e. The van der Waals surface area contributed by atoms with Crippen molar-refractivity contribution in [2.45, 2.75) is 0 Å². The van der Waals surface area contributed by atoms with Crippen LogP contribution in [0.25, 0.3) is 0 Å². The van der Waals surface area contributed by atoms with E-state index in [1.165, 1.54) is 0 Å². The minimum absolute atomic E-state index is 0. The summed E-state index contributed by atoms with van der Waals surface area (Å²) < 4.78 is 0. The van der Waals surface area contributed by atoms with Crippen molar-refractivity contribution in [3.05, 3.63) is 0 Å². The Hall–Kier alpha value is 4.24. The molecule has 0 fully saturated rings. The molecule has 20 heavy (non-hydrogen) atoms. The first-order valence-electron chi connectivity index (χ1n) is 0. The molecule has 134 valence electrons. The Morgan fingerprint density at radius 2 is 0.250 bits per heavy atom. The van der Waals surface area contributed by atoms with E-state index in [4.69, 9.17) is 0 Å². The van der Waals surface area contributed by atoms with Crippen molar-refractivity contribution >= 4 is 150 Å².